The van der Waals surface area contributed by atoms with Gasteiger partial charge in [-0.15, -0.1) is 0 Å². The molecule has 0 radical (unpaired) electrons. The Morgan fingerprint density at radius 3 is 3.25 bits per heavy atom. The van der Waals surface area contributed by atoms with Crippen LogP contribution in [0.4, 0.5) is 0 Å². The summed E-state index contributed by atoms with van der Waals surface area (Å²) in [6.07, 6.45) is 1.66. The van der Waals surface area contributed by atoms with Crippen LogP contribution in [0.1, 0.15) is 5.56 Å². The van der Waals surface area contributed by atoms with Gasteiger partial charge in [0.1, 0.15) is 0 Å². The Labute approximate surface area is 68.9 Å². The average Bonchev–Trinajstić information content (AvgIpc) is 2.51. The van der Waals surface area contributed by atoms with Gasteiger partial charge in [0.05, 0.1) is 12.8 Å². The van der Waals surface area contributed by atoms with Gasteiger partial charge < -0.3 is 4.52 Å². The molecule has 1 aromatic carbocycles. The minimum Gasteiger partial charge on any atom is -0.356 e. The number of benzene rings is 1. The quantitative estimate of drug-likeness (QED) is 0.678. The molecule has 0 aliphatic carbocycles. The van der Waals surface area contributed by atoms with E-state index in [1.54, 1.807) is 6.20 Å². The van der Waals surface area contributed by atoms with Crippen molar-refractivity contribution in [3.63, 3.8) is 0 Å². The van der Waals surface area contributed by atoms with Gasteiger partial charge >= 0.3 is 0 Å². The molecule has 1 heterocycles. The lowest BCUT2D eigenvalue weighted by Gasteiger charge is -1.96. The van der Waals surface area contributed by atoms with Crippen LogP contribution in [0.15, 0.2) is 28.9 Å². The van der Waals surface area contributed by atoms with Crippen LogP contribution >= 0.6 is 0 Å². The van der Waals surface area contributed by atoms with Crippen molar-refractivity contribution in [3.8, 4) is 0 Å². The zero-order valence-corrected chi connectivity index (χ0v) is 6.36. The van der Waals surface area contributed by atoms with Crippen LogP contribution in [0.3, 0.4) is 0 Å². The highest BCUT2D eigenvalue weighted by atomic mass is 16.6. The zero-order valence-electron chi connectivity index (χ0n) is 6.36. The van der Waals surface area contributed by atoms with E-state index in [1.165, 1.54) is 0 Å². The minimum absolute atomic E-state index is 0.404. The molecule has 2 rings (SSSR count). The lowest BCUT2D eigenvalue weighted by Crippen LogP contribution is -1.98. The smallest absolute Gasteiger partial charge is 0.166 e. The molecule has 1 aromatic heterocycles. The van der Waals surface area contributed by atoms with E-state index >= 15 is 0 Å². The molecule has 12 heavy (non-hydrogen) atoms. The van der Waals surface area contributed by atoms with Crippen LogP contribution in [0, 0.1) is 0 Å². The third kappa shape index (κ3) is 1.17. The Balaban J connectivity index is 2.46. The van der Waals surface area contributed by atoms with Crippen LogP contribution in [-0.2, 0) is 11.4 Å². The summed E-state index contributed by atoms with van der Waals surface area (Å²) in [5, 5.41) is 4.62. The summed E-state index contributed by atoms with van der Waals surface area (Å²) in [6.45, 7) is 0.404. The molecule has 2 aromatic rings. The van der Waals surface area contributed by atoms with Crippen molar-refractivity contribution in [2.75, 3.05) is 0 Å². The van der Waals surface area contributed by atoms with Gasteiger partial charge in [-0.25, -0.2) is 5.90 Å². The molecule has 62 valence electrons. The summed E-state index contributed by atoms with van der Waals surface area (Å²) in [4.78, 5) is 4.50. The van der Waals surface area contributed by atoms with Crippen molar-refractivity contribution in [3.05, 3.63) is 30.0 Å². The fourth-order valence-electron chi connectivity index (χ4n) is 1.11. The van der Waals surface area contributed by atoms with Crippen molar-refractivity contribution < 1.29 is 9.36 Å². The maximum atomic E-state index is 4.94. The van der Waals surface area contributed by atoms with E-state index in [4.69, 9.17) is 10.4 Å². The second-order valence-corrected chi connectivity index (χ2v) is 2.51. The predicted octanol–water partition coefficient (Wildman–Crippen LogP) is 1.22. The Morgan fingerprint density at radius 1 is 1.50 bits per heavy atom. The van der Waals surface area contributed by atoms with E-state index in [1.807, 2.05) is 18.2 Å². The number of hydrogen-bond donors (Lipinski definition) is 1. The summed E-state index contributed by atoms with van der Waals surface area (Å²) >= 11 is 0. The van der Waals surface area contributed by atoms with Gasteiger partial charge in [0.2, 0.25) is 0 Å². The molecule has 0 amide bonds. The molecule has 0 fully saturated rings. The van der Waals surface area contributed by atoms with Crippen LogP contribution in [0.5, 0.6) is 0 Å². The van der Waals surface area contributed by atoms with Crippen molar-refractivity contribution in [2.45, 2.75) is 6.61 Å². The van der Waals surface area contributed by atoms with Gasteiger partial charge in [0, 0.05) is 5.39 Å². The molecule has 0 unspecified atom stereocenters. The number of rotatable bonds is 2. The summed E-state index contributed by atoms with van der Waals surface area (Å²) in [7, 11) is 0. The maximum absolute atomic E-state index is 4.94. The second kappa shape index (κ2) is 2.92. The first-order valence-corrected chi connectivity index (χ1v) is 3.55. The number of hydrogen-bond acceptors (Lipinski definition) is 4. The monoisotopic (exact) mass is 164 g/mol. The summed E-state index contributed by atoms with van der Waals surface area (Å²) in [6, 6.07) is 5.66. The van der Waals surface area contributed by atoms with Crippen molar-refractivity contribution in [1.29, 1.82) is 0 Å². The lowest BCUT2D eigenvalue weighted by atomic mass is 10.2. The number of fused-ring (bicyclic) bond motifs is 1. The highest BCUT2D eigenvalue weighted by Gasteiger charge is 1.98. The van der Waals surface area contributed by atoms with E-state index in [0.29, 0.717) is 6.61 Å². The number of aromatic nitrogens is 1. The molecule has 0 atom stereocenters. The first-order valence-electron chi connectivity index (χ1n) is 3.55. The largest absolute Gasteiger partial charge is 0.356 e. The standard InChI is InChI=1S/C8H8N2O2/c9-11-5-6-1-2-8-7(3-6)4-10-12-8/h1-4H,5,9H2. The van der Waals surface area contributed by atoms with E-state index in [2.05, 4.69) is 9.99 Å². The SMILES string of the molecule is NOCc1ccc2oncc2c1. The minimum atomic E-state index is 0.404. The normalized spacial score (nSPS) is 10.8. The topological polar surface area (TPSA) is 61.3 Å². The maximum Gasteiger partial charge on any atom is 0.166 e. The van der Waals surface area contributed by atoms with Gasteiger partial charge in [0.25, 0.3) is 0 Å². The Morgan fingerprint density at radius 2 is 2.42 bits per heavy atom. The first kappa shape index (κ1) is 7.27. The summed E-state index contributed by atoms with van der Waals surface area (Å²) in [5.41, 5.74) is 1.78. The van der Waals surface area contributed by atoms with Crippen LogP contribution in [0.25, 0.3) is 11.0 Å². The van der Waals surface area contributed by atoms with Crippen LogP contribution in [-0.4, -0.2) is 5.16 Å². The predicted molar refractivity (Wildman–Crippen MR) is 43.0 cm³/mol. The lowest BCUT2D eigenvalue weighted by molar-refractivity contribution is 0.124. The Bertz CT molecular complexity index is 383. The van der Waals surface area contributed by atoms with Gasteiger partial charge in [-0.3, -0.25) is 4.84 Å². The van der Waals surface area contributed by atoms with Crippen LogP contribution in [0.2, 0.25) is 0 Å². The molecule has 4 heteroatoms. The number of nitrogens with zero attached hydrogens (tertiary/aromatic N) is 1. The van der Waals surface area contributed by atoms with Crippen LogP contribution < -0.4 is 5.90 Å². The van der Waals surface area contributed by atoms with E-state index < -0.39 is 0 Å². The van der Waals surface area contributed by atoms with Crippen molar-refractivity contribution >= 4 is 11.0 Å². The summed E-state index contributed by atoms with van der Waals surface area (Å²) < 4.78 is 4.93. The highest BCUT2D eigenvalue weighted by Crippen LogP contribution is 2.15. The molecule has 0 bridgehead atoms. The van der Waals surface area contributed by atoms with E-state index in [0.717, 1.165) is 16.5 Å². The second-order valence-electron chi connectivity index (χ2n) is 2.51. The van der Waals surface area contributed by atoms with Crippen molar-refractivity contribution in [2.24, 2.45) is 5.90 Å². The first-order chi connectivity index (χ1) is 5.90. The van der Waals surface area contributed by atoms with Gasteiger partial charge in [0.15, 0.2) is 5.58 Å². The molecular weight excluding hydrogens is 156 g/mol. The zero-order chi connectivity index (χ0) is 8.39. The molecular formula is C8H8N2O2. The van der Waals surface area contributed by atoms with Gasteiger partial charge in [-0.1, -0.05) is 11.2 Å². The molecule has 0 saturated carbocycles. The van der Waals surface area contributed by atoms with Gasteiger partial charge in [-0.2, -0.15) is 0 Å². The third-order valence-corrected chi connectivity index (χ3v) is 1.67. The van der Waals surface area contributed by atoms with Crippen molar-refractivity contribution in [1.82, 2.24) is 5.16 Å². The third-order valence-electron chi connectivity index (χ3n) is 1.67. The summed E-state index contributed by atoms with van der Waals surface area (Å²) in [5.74, 6) is 4.94. The molecule has 0 saturated heterocycles. The molecule has 4 nitrogen and oxygen atoms in total. The average molecular weight is 164 g/mol. The van der Waals surface area contributed by atoms with E-state index in [9.17, 15) is 0 Å². The fraction of sp³-hybridized carbons (Fsp3) is 0.125. The molecule has 0 aliphatic rings. The molecule has 2 N–H and O–H groups in total. The highest BCUT2D eigenvalue weighted by molar-refractivity contribution is 5.76. The molecule has 0 aliphatic heterocycles. The molecule has 0 spiro atoms. The number of nitrogens with two attached hydrogens (primary N) is 1. The Kier molecular flexibility index (Phi) is 1.77. The Hall–Kier alpha value is -1.39. The van der Waals surface area contributed by atoms with Gasteiger partial charge in [-0.05, 0) is 17.7 Å². The van der Waals surface area contributed by atoms with E-state index in [-0.39, 0.29) is 0 Å². The fourth-order valence-corrected chi connectivity index (χ4v) is 1.11.